The summed E-state index contributed by atoms with van der Waals surface area (Å²) in [5.74, 6) is 4.44. The molecule has 1 saturated heterocycles. The molecule has 3 atom stereocenters. The first-order valence-corrected chi connectivity index (χ1v) is 14.7. The average molecular weight is 630 g/mol. The molecule has 45 heavy (non-hydrogen) atoms. The molecular formula is C33H42F3N5O4. The van der Waals surface area contributed by atoms with Gasteiger partial charge in [0.2, 0.25) is 12.3 Å². The lowest BCUT2D eigenvalue weighted by Gasteiger charge is -2.40. The topological polar surface area (TPSA) is 138 Å². The standard InChI is InChI=1S/C16H29NO2.C15H11N3O.C2H2F3NO/c1-12-10-17(11-15(12,3)4)14(18)9-13(2)19-16(5)7-6-8-16;1-2-4-11-5-3-6-12-8-17-9-13(15(11)12)14(7-16)18-10-19;3-2(4,5)1(6)7/h12-13H,6-11H2,1-5H3;3,5-6,8-10,14H,1H3,(H,18,19);(H2,6,7)/t12?,13-;;/m1../s1. The van der Waals surface area contributed by atoms with Crippen LogP contribution in [0.3, 0.4) is 0 Å². The molecule has 12 heteroatoms. The minimum Gasteiger partial charge on any atom is -0.372 e. The predicted octanol–water partition coefficient (Wildman–Crippen LogP) is 5.18. The van der Waals surface area contributed by atoms with Crippen molar-refractivity contribution >= 4 is 29.0 Å². The molecule has 1 aromatic carbocycles. The molecule has 0 spiro atoms. The Balaban J connectivity index is 0.000000260. The number of alkyl halides is 3. The summed E-state index contributed by atoms with van der Waals surface area (Å²) in [5, 5.41) is 13.4. The molecule has 9 nitrogen and oxygen atoms in total. The summed E-state index contributed by atoms with van der Waals surface area (Å²) in [6.45, 7) is 14.5. The van der Waals surface area contributed by atoms with Crippen molar-refractivity contribution < 1.29 is 32.3 Å². The first-order chi connectivity index (χ1) is 21.0. The zero-order chi connectivity index (χ0) is 34.0. The monoisotopic (exact) mass is 629 g/mol. The third-order valence-electron chi connectivity index (χ3n) is 8.16. The highest BCUT2D eigenvalue weighted by atomic mass is 19.4. The number of carbonyl (C=O) groups excluding carboxylic acids is 3. The molecular weight excluding hydrogens is 587 g/mol. The van der Waals surface area contributed by atoms with Gasteiger partial charge in [-0.2, -0.15) is 18.4 Å². The van der Waals surface area contributed by atoms with Crippen molar-refractivity contribution in [2.24, 2.45) is 17.1 Å². The number of primary amides is 1. The van der Waals surface area contributed by atoms with Crippen LogP contribution in [0, 0.1) is 34.5 Å². The lowest BCUT2D eigenvalue weighted by atomic mass is 9.81. The molecule has 3 N–H and O–H groups in total. The van der Waals surface area contributed by atoms with Gasteiger partial charge < -0.3 is 20.7 Å². The van der Waals surface area contributed by atoms with Crippen LogP contribution < -0.4 is 11.1 Å². The Morgan fingerprint density at radius 2 is 1.91 bits per heavy atom. The number of halogens is 3. The van der Waals surface area contributed by atoms with Crippen molar-refractivity contribution in [3.05, 3.63) is 41.7 Å². The zero-order valence-electron chi connectivity index (χ0n) is 26.6. The Bertz CT molecular complexity index is 1450. The number of ether oxygens (including phenoxy) is 1. The summed E-state index contributed by atoms with van der Waals surface area (Å²) in [7, 11) is 0. The van der Waals surface area contributed by atoms with Gasteiger partial charge in [0.15, 0.2) is 0 Å². The SMILES string of the molecule is CC#Cc1cccc2cncc(C(C#N)NC=O)c12.CC1CN(C(=O)C[C@@H](C)OC2(C)CCC2)CC1(C)C.NC(=O)C(F)(F)F. The molecule has 3 amide bonds. The van der Waals surface area contributed by atoms with Gasteiger partial charge in [-0.25, -0.2) is 0 Å². The Hall–Kier alpha value is -4.16. The van der Waals surface area contributed by atoms with Crippen molar-refractivity contribution in [3.63, 3.8) is 0 Å². The van der Waals surface area contributed by atoms with Crippen molar-refractivity contribution in [2.45, 2.75) is 91.1 Å². The lowest BCUT2D eigenvalue weighted by molar-refractivity contribution is -0.169. The van der Waals surface area contributed by atoms with Gasteiger partial charge in [0.1, 0.15) is 6.04 Å². The smallest absolute Gasteiger partial charge is 0.372 e. The predicted molar refractivity (Wildman–Crippen MR) is 164 cm³/mol. The molecule has 2 fully saturated rings. The molecule has 0 bridgehead atoms. The van der Waals surface area contributed by atoms with E-state index in [-0.39, 0.29) is 23.0 Å². The Morgan fingerprint density at radius 1 is 1.27 bits per heavy atom. The number of likely N-dealkylation sites (tertiary alicyclic amines) is 1. The number of carbonyl (C=O) groups is 3. The Kier molecular flexibility index (Phi) is 12.9. The number of nitrogens with two attached hydrogens (primary N) is 1. The number of hydrogen-bond donors (Lipinski definition) is 2. The fourth-order valence-electron chi connectivity index (χ4n) is 5.16. The summed E-state index contributed by atoms with van der Waals surface area (Å²) < 4.78 is 38.1. The van der Waals surface area contributed by atoms with E-state index in [1.54, 1.807) is 19.3 Å². The third kappa shape index (κ3) is 10.5. The van der Waals surface area contributed by atoms with Crippen molar-refractivity contribution in [1.82, 2.24) is 15.2 Å². The van der Waals surface area contributed by atoms with Gasteiger partial charge >= 0.3 is 12.1 Å². The quantitative estimate of drug-likeness (QED) is 0.320. The fourth-order valence-corrected chi connectivity index (χ4v) is 5.16. The molecule has 1 aliphatic heterocycles. The summed E-state index contributed by atoms with van der Waals surface area (Å²) in [6.07, 6.45) is 3.06. The van der Waals surface area contributed by atoms with E-state index in [9.17, 15) is 22.8 Å². The van der Waals surface area contributed by atoms with E-state index in [0.29, 0.717) is 24.3 Å². The largest absolute Gasteiger partial charge is 0.470 e. The van der Waals surface area contributed by atoms with E-state index in [1.807, 2.05) is 30.0 Å². The van der Waals surface area contributed by atoms with E-state index in [1.165, 1.54) is 6.42 Å². The number of nitrogens with one attached hydrogen (secondary N) is 1. The van der Waals surface area contributed by atoms with E-state index in [0.717, 1.165) is 42.3 Å². The molecule has 2 aliphatic rings. The maximum Gasteiger partial charge on any atom is 0.470 e. The minimum absolute atomic E-state index is 0.0387. The van der Waals surface area contributed by atoms with Crippen LogP contribution in [0.4, 0.5) is 13.2 Å². The number of amides is 3. The minimum atomic E-state index is -4.86. The van der Waals surface area contributed by atoms with Crippen LogP contribution >= 0.6 is 0 Å². The molecule has 1 aromatic heterocycles. The van der Waals surface area contributed by atoms with Crippen LogP contribution in [0.25, 0.3) is 10.8 Å². The van der Waals surface area contributed by atoms with Crippen LogP contribution in [-0.2, 0) is 19.1 Å². The van der Waals surface area contributed by atoms with Crippen molar-refractivity contribution in [1.29, 1.82) is 5.26 Å². The molecule has 2 aromatic rings. The van der Waals surface area contributed by atoms with Gasteiger partial charge in [-0.15, -0.1) is 5.92 Å². The van der Waals surface area contributed by atoms with E-state index >= 15 is 0 Å². The van der Waals surface area contributed by atoms with Crippen LogP contribution in [0.15, 0.2) is 30.6 Å². The number of nitrogens with zero attached hydrogens (tertiary/aromatic N) is 3. The maximum absolute atomic E-state index is 12.3. The number of aromatic nitrogens is 1. The summed E-state index contributed by atoms with van der Waals surface area (Å²) >= 11 is 0. The average Bonchev–Trinajstić information content (AvgIpc) is 3.23. The van der Waals surface area contributed by atoms with Crippen LogP contribution in [0.1, 0.15) is 84.4 Å². The first-order valence-electron chi connectivity index (χ1n) is 14.7. The van der Waals surface area contributed by atoms with Gasteiger partial charge in [-0.1, -0.05) is 38.8 Å². The van der Waals surface area contributed by atoms with E-state index < -0.39 is 18.1 Å². The zero-order valence-corrected chi connectivity index (χ0v) is 26.6. The molecule has 244 valence electrons. The van der Waals surface area contributed by atoms with Crippen LogP contribution in [0.2, 0.25) is 0 Å². The Labute approximate surface area is 262 Å². The van der Waals surface area contributed by atoms with Gasteiger partial charge in [-0.3, -0.25) is 19.4 Å². The summed E-state index contributed by atoms with van der Waals surface area (Å²) in [4.78, 5) is 38.2. The van der Waals surface area contributed by atoms with E-state index in [2.05, 4.69) is 61.6 Å². The number of benzene rings is 1. The van der Waals surface area contributed by atoms with Gasteiger partial charge in [-0.05, 0) is 57.4 Å². The highest BCUT2D eigenvalue weighted by Crippen LogP contribution is 2.37. The fraction of sp³-hybridized carbons (Fsp3) is 0.545. The number of hydrogen-bond acceptors (Lipinski definition) is 6. The van der Waals surface area contributed by atoms with Crippen LogP contribution in [-0.4, -0.2) is 59.1 Å². The number of pyridine rings is 1. The lowest BCUT2D eigenvalue weighted by Crippen LogP contribution is -2.41. The second-order valence-electron chi connectivity index (χ2n) is 12.3. The highest BCUT2D eigenvalue weighted by Gasteiger charge is 2.40. The first kappa shape index (κ1) is 37.0. The van der Waals surface area contributed by atoms with Gasteiger partial charge in [0.25, 0.3) is 0 Å². The Morgan fingerprint density at radius 3 is 2.38 bits per heavy atom. The second kappa shape index (κ2) is 15.7. The molecule has 4 rings (SSSR count). The van der Waals surface area contributed by atoms with Crippen molar-refractivity contribution in [3.8, 4) is 17.9 Å². The number of rotatable bonds is 7. The molecule has 1 saturated carbocycles. The van der Waals surface area contributed by atoms with Gasteiger partial charge in [0.05, 0.1) is 24.2 Å². The normalized spacial score (nSPS) is 19.0. The maximum atomic E-state index is 12.3. The highest BCUT2D eigenvalue weighted by molar-refractivity contribution is 5.91. The number of fused-ring (bicyclic) bond motifs is 1. The summed E-state index contributed by atoms with van der Waals surface area (Å²) in [5.41, 5.74) is 5.58. The molecule has 0 radical (unpaired) electrons. The van der Waals surface area contributed by atoms with Crippen LogP contribution in [0.5, 0.6) is 0 Å². The molecule has 1 aliphatic carbocycles. The third-order valence-corrected chi connectivity index (χ3v) is 8.16. The van der Waals surface area contributed by atoms with Gasteiger partial charge in [0, 0.05) is 47.4 Å². The van der Waals surface area contributed by atoms with Crippen molar-refractivity contribution in [2.75, 3.05) is 13.1 Å². The molecule has 2 unspecified atom stereocenters. The molecule has 2 heterocycles. The van der Waals surface area contributed by atoms with E-state index in [4.69, 9.17) is 14.8 Å². The number of nitriles is 1. The summed E-state index contributed by atoms with van der Waals surface area (Å²) in [6, 6.07) is 7.00. The second-order valence-corrected chi connectivity index (χ2v) is 12.3.